The van der Waals surface area contributed by atoms with Crippen LogP contribution in [0, 0.1) is 10.8 Å². The van der Waals surface area contributed by atoms with Crippen LogP contribution in [0.15, 0.2) is 0 Å². The van der Waals surface area contributed by atoms with E-state index in [1.165, 1.54) is 0 Å². The number of ketones is 1. The third-order valence-electron chi connectivity index (χ3n) is 1.66. The predicted molar refractivity (Wildman–Crippen MR) is 63.6 cm³/mol. The van der Waals surface area contributed by atoms with Crippen molar-refractivity contribution < 1.29 is 19.1 Å². The second kappa shape index (κ2) is 6.35. The summed E-state index contributed by atoms with van der Waals surface area (Å²) < 4.78 is 4.48. The van der Waals surface area contributed by atoms with E-state index in [1.807, 2.05) is 0 Å². The van der Waals surface area contributed by atoms with Gasteiger partial charge in [0.2, 0.25) is 5.78 Å². The fourth-order valence-electron chi connectivity index (χ4n) is 0.590. The molecule has 0 aliphatic carbocycles. The summed E-state index contributed by atoms with van der Waals surface area (Å²) in [4.78, 5) is 34.0. The molecule has 0 aromatic rings. The number of Topliss-reactive ketones (excluding diaryl/α,β-unsaturated/α-hetero) is 1. The number of esters is 2. The standard InChI is InChI=1S/C11H18O4.Ba.2H/c1-10(2,3)7(12)8(13)15-9(14)11(4,5)6;;;/h1-6H3;;;. The molecule has 0 spiro atoms. The van der Waals surface area contributed by atoms with Crippen LogP contribution >= 0.6 is 0 Å². The number of hydrogen-bond acceptors (Lipinski definition) is 4. The third kappa shape index (κ3) is 6.20. The van der Waals surface area contributed by atoms with Gasteiger partial charge in [-0.05, 0) is 20.8 Å². The summed E-state index contributed by atoms with van der Waals surface area (Å²) in [5.41, 5.74) is -1.61. The Morgan fingerprint density at radius 1 is 0.812 bits per heavy atom. The van der Waals surface area contributed by atoms with Gasteiger partial charge in [-0.25, -0.2) is 4.79 Å². The molecule has 0 saturated heterocycles. The van der Waals surface area contributed by atoms with Crippen LogP contribution in [0.1, 0.15) is 41.5 Å². The molecular formula is C11H20BaO4. The van der Waals surface area contributed by atoms with Gasteiger partial charge in [0.15, 0.2) is 0 Å². The fourth-order valence-corrected chi connectivity index (χ4v) is 0.590. The van der Waals surface area contributed by atoms with Crippen molar-refractivity contribution in [3.8, 4) is 0 Å². The molecule has 0 aliphatic rings. The van der Waals surface area contributed by atoms with Gasteiger partial charge in [-0.1, -0.05) is 20.8 Å². The van der Waals surface area contributed by atoms with Crippen LogP contribution in [0.4, 0.5) is 0 Å². The molecule has 0 atom stereocenters. The van der Waals surface area contributed by atoms with E-state index in [4.69, 9.17) is 0 Å². The van der Waals surface area contributed by atoms with Crippen molar-refractivity contribution in [1.29, 1.82) is 0 Å². The van der Waals surface area contributed by atoms with Gasteiger partial charge in [0.05, 0.1) is 5.41 Å². The summed E-state index contributed by atoms with van der Waals surface area (Å²) in [6, 6.07) is 0. The van der Waals surface area contributed by atoms with Crippen molar-refractivity contribution in [2.24, 2.45) is 10.8 Å². The first-order valence-electron chi connectivity index (χ1n) is 4.77. The Morgan fingerprint density at radius 3 is 1.44 bits per heavy atom. The topological polar surface area (TPSA) is 60.4 Å². The molecule has 16 heavy (non-hydrogen) atoms. The first-order valence-corrected chi connectivity index (χ1v) is 4.77. The summed E-state index contributed by atoms with van der Waals surface area (Å²) in [7, 11) is 0. The molecule has 4 nitrogen and oxygen atoms in total. The molecule has 0 rings (SSSR count). The van der Waals surface area contributed by atoms with E-state index < -0.39 is 28.6 Å². The number of carbonyl (C=O) groups excluding carboxylic acids is 3. The summed E-state index contributed by atoms with van der Waals surface area (Å²) in [6.07, 6.45) is 0. The molecule has 0 aromatic carbocycles. The molecule has 0 bridgehead atoms. The molecule has 0 unspecified atom stereocenters. The van der Waals surface area contributed by atoms with Crippen molar-refractivity contribution in [3.63, 3.8) is 0 Å². The van der Waals surface area contributed by atoms with Gasteiger partial charge < -0.3 is 4.74 Å². The van der Waals surface area contributed by atoms with Crippen molar-refractivity contribution in [2.45, 2.75) is 41.5 Å². The van der Waals surface area contributed by atoms with Gasteiger partial charge in [-0.3, -0.25) is 9.59 Å². The van der Waals surface area contributed by atoms with Crippen LogP contribution in [-0.4, -0.2) is 66.6 Å². The molecule has 0 amide bonds. The molecule has 0 radical (unpaired) electrons. The summed E-state index contributed by atoms with van der Waals surface area (Å²) in [5, 5.41) is 0. The Balaban J connectivity index is 0. The molecule has 0 aromatic heterocycles. The molecule has 90 valence electrons. The Morgan fingerprint density at radius 2 is 1.19 bits per heavy atom. The zero-order valence-corrected chi connectivity index (χ0v) is 10.1. The van der Waals surface area contributed by atoms with Crippen LogP contribution in [0.2, 0.25) is 0 Å². The molecule has 0 aliphatic heterocycles. The maximum atomic E-state index is 11.4. The van der Waals surface area contributed by atoms with Crippen molar-refractivity contribution >= 4 is 66.6 Å². The first kappa shape index (κ1) is 18.7. The van der Waals surface area contributed by atoms with Gasteiger partial charge in [0.1, 0.15) is 0 Å². The van der Waals surface area contributed by atoms with Crippen molar-refractivity contribution in [1.82, 2.24) is 0 Å². The zero-order chi connectivity index (χ0) is 12.4. The number of carbonyl (C=O) groups is 3. The van der Waals surface area contributed by atoms with Crippen molar-refractivity contribution in [3.05, 3.63) is 0 Å². The minimum absolute atomic E-state index is 0. The van der Waals surface area contributed by atoms with Crippen LogP contribution in [-0.2, 0) is 19.1 Å². The number of rotatable bonds is 1. The van der Waals surface area contributed by atoms with Gasteiger partial charge in [-0.15, -0.1) is 0 Å². The quantitative estimate of drug-likeness (QED) is 0.303. The van der Waals surface area contributed by atoms with Crippen LogP contribution in [0.25, 0.3) is 0 Å². The zero-order valence-electron chi connectivity index (χ0n) is 10.1. The third-order valence-corrected chi connectivity index (χ3v) is 1.66. The van der Waals surface area contributed by atoms with Gasteiger partial charge >= 0.3 is 60.8 Å². The van der Waals surface area contributed by atoms with Gasteiger partial charge in [-0.2, -0.15) is 0 Å². The molecule has 0 N–H and O–H groups in total. The fraction of sp³-hybridized carbons (Fsp3) is 0.727. The summed E-state index contributed by atoms with van der Waals surface area (Å²) >= 11 is 0. The second-order valence-electron chi connectivity index (χ2n) is 5.51. The van der Waals surface area contributed by atoms with E-state index in [1.54, 1.807) is 41.5 Å². The van der Waals surface area contributed by atoms with Crippen LogP contribution in [0.5, 0.6) is 0 Å². The van der Waals surface area contributed by atoms with E-state index in [0.717, 1.165) is 0 Å². The van der Waals surface area contributed by atoms with E-state index in [0.29, 0.717) is 0 Å². The minimum atomic E-state index is -1.08. The number of hydrogen-bond donors (Lipinski definition) is 0. The summed E-state index contributed by atoms with van der Waals surface area (Å²) in [5.74, 6) is -2.47. The Bertz CT molecular complexity index is 294. The average Bonchev–Trinajstić information content (AvgIpc) is 1.99. The molecule has 0 fully saturated rings. The molecule has 0 saturated carbocycles. The molecular weight excluding hydrogens is 333 g/mol. The number of ether oxygens (including phenoxy) is 1. The maximum absolute atomic E-state index is 11.4. The van der Waals surface area contributed by atoms with Crippen LogP contribution < -0.4 is 0 Å². The average molecular weight is 354 g/mol. The predicted octanol–water partition coefficient (Wildman–Crippen LogP) is 0.801. The van der Waals surface area contributed by atoms with E-state index in [9.17, 15) is 14.4 Å². The van der Waals surface area contributed by atoms with E-state index in [2.05, 4.69) is 4.74 Å². The Kier molecular flexibility index (Phi) is 7.44. The first-order chi connectivity index (χ1) is 6.46. The molecule has 5 heteroatoms. The Hall–Kier alpha value is 0.381. The van der Waals surface area contributed by atoms with Crippen LogP contribution in [0.3, 0.4) is 0 Å². The van der Waals surface area contributed by atoms with Gasteiger partial charge in [0.25, 0.3) is 0 Å². The van der Waals surface area contributed by atoms with Crippen molar-refractivity contribution in [2.75, 3.05) is 0 Å². The SMILES string of the molecule is CC(C)(C)C(=O)OC(=O)C(=O)C(C)(C)C.[BaH2]. The van der Waals surface area contributed by atoms with Gasteiger partial charge in [0, 0.05) is 5.41 Å². The molecule has 0 heterocycles. The Labute approximate surface area is 137 Å². The normalized spacial score (nSPS) is 11.4. The van der Waals surface area contributed by atoms with E-state index >= 15 is 0 Å². The monoisotopic (exact) mass is 354 g/mol. The second-order valence-corrected chi connectivity index (χ2v) is 5.51. The summed E-state index contributed by atoms with van der Waals surface area (Å²) in [6.45, 7) is 9.63. The van der Waals surface area contributed by atoms with E-state index in [-0.39, 0.29) is 48.9 Å².